The molecule has 4 nitrogen and oxygen atoms in total. The van der Waals surface area contributed by atoms with E-state index in [0.717, 1.165) is 22.6 Å². The van der Waals surface area contributed by atoms with Crippen molar-refractivity contribution >= 4 is 46.4 Å². The fourth-order valence-electron chi connectivity index (χ4n) is 3.24. The number of anilines is 3. The molecule has 1 heterocycles. The van der Waals surface area contributed by atoms with Gasteiger partial charge in [0.05, 0.1) is 0 Å². The number of likely N-dealkylation sites (N-methyl/N-ethyl adjacent to an activating group) is 1. The fourth-order valence-corrected chi connectivity index (χ4v) is 3.55. The van der Waals surface area contributed by atoms with Crippen LogP contribution in [0.3, 0.4) is 0 Å². The molecular formula is C24H20N2O2S. The Morgan fingerprint density at radius 2 is 1.38 bits per heavy atom. The van der Waals surface area contributed by atoms with Crippen LogP contribution in [0.25, 0.3) is 6.08 Å². The molecule has 1 fully saturated rings. The number of hydrogen-bond acceptors (Lipinski definition) is 4. The lowest BCUT2D eigenvalue weighted by Crippen LogP contribution is -2.27. The van der Waals surface area contributed by atoms with E-state index in [0.29, 0.717) is 6.54 Å². The summed E-state index contributed by atoms with van der Waals surface area (Å²) in [6, 6.07) is 28.4. The van der Waals surface area contributed by atoms with Crippen molar-refractivity contribution in [3.8, 4) is 0 Å². The van der Waals surface area contributed by atoms with Gasteiger partial charge in [0.25, 0.3) is 11.1 Å². The van der Waals surface area contributed by atoms with Crippen molar-refractivity contribution in [1.82, 2.24) is 4.90 Å². The number of para-hydroxylation sites is 2. The number of rotatable bonds is 5. The molecular weight excluding hydrogens is 380 g/mol. The van der Waals surface area contributed by atoms with Gasteiger partial charge in [-0.2, -0.15) is 0 Å². The van der Waals surface area contributed by atoms with E-state index in [9.17, 15) is 4.79 Å². The van der Waals surface area contributed by atoms with Crippen molar-refractivity contribution < 1.29 is 9.53 Å². The number of benzene rings is 3. The molecule has 0 atom stereocenters. The van der Waals surface area contributed by atoms with Gasteiger partial charge in [-0.05, 0) is 67.2 Å². The number of ether oxygens (including phenoxy) is 1. The van der Waals surface area contributed by atoms with E-state index in [4.69, 9.17) is 17.0 Å². The number of carbonyl (C=O) groups is 1. The first kappa shape index (κ1) is 18.9. The van der Waals surface area contributed by atoms with Crippen LogP contribution in [0, 0.1) is 0 Å². The zero-order valence-electron chi connectivity index (χ0n) is 16.0. The lowest BCUT2D eigenvalue weighted by molar-refractivity contribution is -0.122. The van der Waals surface area contributed by atoms with E-state index in [-0.39, 0.29) is 16.8 Å². The quantitative estimate of drug-likeness (QED) is 0.409. The molecule has 5 heteroatoms. The first-order valence-electron chi connectivity index (χ1n) is 9.43. The molecule has 0 radical (unpaired) electrons. The Kier molecular flexibility index (Phi) is 5.40. The normalized spacial score (nSPS) is 14.9. The molecule has 0 saturated carbocycles. The Bertz CT molecular complexity index is 1010. The molecule has 0 spiro atoms. The Morgan fingerprint density at radius 1 is 0.862 bits per heavy atom. The maximum absolute atomic E-state index is 12.3. The van der Waals surface area contributed by atoms with Crippen LogP contribution < -0.4 is 4.90 Å². The highest BCUT2D eigenvalue weighted by Gasteiger charge is 2.31. The molecule has 1 aliphatic heterocycles. The van der Waals surface area contributed by atoms with E-state index in [1.165, 1.54) is 4.90 Å². The molecule has 0 aliphatic carbocycles. The van der Waals surface area contributed by atoms with Crippen molar-refractivity contribution in [3.05, 3.63) is 96.3 Å². The number of thiocarbonyl (C=S) groups is 1. The minimum atomic E-state index is -0.197. The van der Waals surface area contributed by atoms with Crippen LogP contribution in [-0.2, 0) is 9.53 Å². The van der Waals surface area contributed by atoms with Crippen LogP contribution in [0.4, 0.5) is 17.1 Å². The van der Waals surface area contributed by atoms with E-state index in [1.807, 2.05) is 67.6 Å². The van der Waals surface area contributed by atoms with Crippen LogP contribution in [0.2, 0.25) is 0 Å². The summed E-state index contributed by atoms with van der Waals surface area (Å²) in [4.78, 5) is 16.0. The zero-order valence-corrected chi connectivity index (χ0v) is 16.8. The van der Waals surface area contributed by atoms with Crippen molar-refractivity contribution in [3.63, 3.8) is 0 Å². The van der Waals surface area contributed by atoms with Crippen molar-refractivity contribution in [2.75, 3.05) is 11.4 Å². The molecule has 4 rings (SSSR count). The van der Waals surface area contributed by atoms with Crippen LogP contribution in [0.5, 0.6) is 0 Å². The lowest BCUT2D eigenvalue weighted by atomic mass is 10.1. The Labute approximate surface area is 175 Å². The second-order valence-corrected chi connectivity index (χ2v) is 6.87. The first-order valence-corrected chi connectivity index (χ1v) is 9.84. The fraction of sp³-hybridized carbons (Fsp3) is 0.0833. The summed E-state index contributed by atoms with van der Waals surface area (Å²) >= 11 is 5.11. The van der Waals surface area contributed by atoms with Gasteiger partial charge in [0.2, 0.25) is 0 Å². The minimum Gasteiger partial charge on any atom is -0.426 e. The molecule has 3 aromatic rings. The Balaban J connectivity index is 1.66. The van der Waals surface area contributed by atoms with Crippen molar-refractivity contribution in [1.29, 1.82) is 0 Å². The predicted molar refractivity (Wildman–Crippen MR) is 120 cm³/mol. The molecule has 0 aromatic heterocycles. The molecule has 0 N–H and O–H groups in total. The number of nitrogens with zero attached hydrogens (tertiary/aromatic N) is 2. The lowest BCUT2D eigenvalue weighted by Gasteiger charge is -2.25. The summed E-state index contributed by atoms with van der Waals surface area (Å²) in [6.45, 7) is 2.37. The smallest absolute Gasteiger partial charge is 0.297 e. The van der Waals surface area contributed by atoms with Crippen molar-refractivity contribution in [2.45, 2.75) is 6.92 Å². The third-order valence-corrected chi connectivity index (χ3v) is 4.97. The highest BCUT2D eigenvalue weighted by Crippen LogP contribution is 2.34. The number of hydrogen-bond donors (Lipinski definition) is 0. The van der Waals surface area contributed by atoms with E-state index in [2.05, 4.69) is 29.2 Å². The average molecular weight is 401 g/mol. The highest BCUT2D eigenvalue weighted by molar-refractivity contribution is 7.80. The standard InChI is InChI=1S/C24H20N2O2S/c1-2-25-23(27)22(28-24(25)29)17-18-13-15-21(16-14-18)26(19-9-5-3-6-10-19)20-11-7-4-8-12-20/h3-17H,2H2,1H3/b22-17+. The molecule has 0 bridgehead atoms. The molecule has 29 heavy (non-hydrogen) atoms. The molecule has 0 unspecified atom stereocenters. The maximum atomic E-state index is 12.3. The monoisotopic (exact) mass is 400 g/mol. The summed E-state index contributed by atoms with van der Waals surface area (Å²) in [5, 5.41) is 0.208. The molecule has 1 amide bonds. The first-order chi connectivity index (χ1) is 14.2. The van der Waals surface area contributed by atoms with Crippen molar-refractivity contribution in [2.24, 2.45) is 0 Å². The predicted octanol–water partition coefficient (Wildman–Crippen LogP) is 5.66. The average Bonchev–Trinajstić information content (AvgIpc) is 3.03. The molecule has 1 saturated heterocycles. The summed E-state index contributed by atoms with van der Waals surface area (Å²) in [7, 11) is 0. The van der Waals surface area contributed by atoms with Crippen LogP contribution in [-0.4, -0.2) is 22.5 Å². The molecule has 144 valence electrons. The van der Waals surface area contributed by atoms with Gasteiger partial charge in [0, 0.05) is 23.6 Å². The summed E-state index contributed by atoms with van der Waals surface area (Å²) in [5.41, 5.74) is 4.04. The summed E-state index contributed by atoms with van der Waals surface area (Å²) < 4.78 is 5.46. The van der Waals surface area contributed by atoms with Gasteiger partial charge in [0.15, 0.2) is 5.76 Å². The van der Waals surface area contributed by atoms with E-state index in [1.54, 1.807) is 6.08 Å². The zero-order chi connectivity index (χ0) is 20.2. The molecule has 1 aliphatic rings. The number of carbonyl (C=O) groups excluding carboxylic acids is 1. The van der Waals surface area contributed by atoms with Gasteiger partial charge in [-0.1, -0.05) is 48.5 Å². The third kappa shape index (κ3) is 3.91. The van der Waals surface area contributed by atoms with E-state index < -0.39 is 0 Å². The van der Waals surface area contributed by atoms with Gasteiger partial charge >= 0.3 is 0 Å². The van der Waals surface area contributed by atoms with Gasteiger partial charge in [-0.15, -0.1) is 0 Å². The molecule has 3 aromatic carbocycles. The van der Waals surface area contributed by atoms with Gasteiger partial charge in [0.1, 0.15) is 0 Å². The summed E-state index contributed by atoms with van der Waals surface area (Å²) in [5.74, 6) is 0.0596. The highest BCUT2D eigenvalue weighted by atomic mass is 32.1. The van der Waals surface area contributed by atoms with Crippen LogP contribution in [0.1, 0.15) is 12.5 Å². The third-order valence-electron chi connectivity index (χ3n) is 4.67. The maximum Gasteiger partial charge on any atom is 0.297 e. The van der Waals surface area contributed by atoms with Crippen LogP contribution in [0.15, 0.2) is 90.7 Å². The number of amides is 1. The Morgan fingerprint density at radius 3 is 1.86 bits per heavy atom. The topological polar surface area (TPSA) is 32.8 Å². The second-order valence-electron chi connectivity index (χ2n) is 6.52. The second kappa shape index (κ2) is 8.29. The van der Waals surface area contributed by atoms with Gasteiger partial charge in [-0.25, -0.2) is 0 Å². The Hall–Kier alpha value is -3.44. The van der Waals surface area contributed by atoms with Gasteiger partial charge < -0.3 is 9.64 Å². The van der Waals surface area contributed by atoms with Crippen LogP contribution >= 0.6 is 12.2 Å². The SMILES string of the molecule is CCN1C(=O)/C(=C\c2ccc(N(c3ccccc3)c3ccccc3)cc2)OC1=S. The minimum absolute atomic E-state index is 0.197. The van der Waals surface area contributed by atoms with Gasteiger partial charge in [-0.3, -0.25) is 9.69 Å². The van der Waals surface area contributed by atoms with E-state index >= 15 is 0 Å². The largest absolute Gasteiger partial charge is 0.426 e. The summed E-state index contributed by atoms with van der Waals surface area (Å²) in [6.07, 6.45) is 1.73.